The van der Waals surface area contributed by atoms with Crippen LogP contribution in [0.2, 0.25) is 0 Å². The first-order chi connectivity index (χ1) is 9.16. The molecule has 0 radical (unpaired) electrons. The SMILES string of the molecule is CN(C)C(CNCc1cccc(Br)c1)c1ccco1. The van der Waals surface area contributed by atoms with E-state index in [4.69, 9.17) is 4.42 Å². The summed E-state index contributed by atoms with van der Waals surface area (Å²) < 4.78 is 6.60. The Hall–Kier alpha value is -1.10. The van der Waals surface area contributed by atoms with Crippen LogP contribution in [0.15, 0.2) is 51.6 Å². The van der Waals surface area contributed by atoms with Crippen LogP contribution in [-0.4, -0.2) is 25.5 Å². The Balaban J connectivity index is 1.90. The van der Waals surface area contributed by atoms with Crippen molar-refractivity contribution in [2.24, 2.45) is 0 Å². The highest BCUT2D eigenvalue weighted by Gasteiger charge is 2.15. The van der Waals surface area contributed by atoms with Crippen LogP contribution in [0.4, 0.5) is 0 Å². The van der Waals surface area contributed by atoms with Gasteiger partial charge in [0.1, 0.15) is 5.76 Å². The van der Waals surface area contributed by atoms with Crippen molar-refractivity contribution in [3.05, 3.63) is 58.5 Å². The predicted octanol–water partition coefficient (Wildman–Crippen LogP) is 3.43. The Morgan fingerprint density at radius 3 is 2.74 bits per heavy atom. The minimum Gasteiger partial charge on any atom is -0.468 e. The van der Waals surface area contributed by atoms with Crippen molar-refractivity contribution < 1.29 is 4.42 Å². The molecule has 1 N–H and O–H groups in total. The lowest BCUT2D eigenvalue weighted by atomic mass is 10.2. The fourth-order valence-electron chi connectivity index (χ4n) is 2.02. The molecule has 3 nitrogen and oxygen atoms in total. The normalized spacial score (nSPS) is 12.8. The van der Waals surface area contributed by atoms with Crippen LogP contribution < -0.4 is 5.32 Å². The van der Waals surface area contributed by atoms with Crippen LogP contribution in [0.3, 0.4) is 0 Å². The summed E-state index contributed by atoms with van der Waals surface area (Å²) in [7, 11) is 4.13. The number of nitrogens with zero attached hydrogens (tertiary/aromatic N) is 1. The highest BCUT2D eigenvalue weighted by atomic mass is 79.9. The number of nitrogens with one attached hydrogen (secondary N) is 1. The van der Waals surface area contributed by atoms with Crippen molar-refractivity contribution in [2.45, 2.75) is 12.6 Å². The molecule has 102 valence electrons. The zero-order valence-corrected chi connectivity index (χ0v) is 12.9. The van der Waals surface area contributed by atoms with Gasteiger partial charge in [0, 0.05) is 17.6 Å². The lowest BCUT2D eigenvalue weighted by molar-refractivity contribution is 0.250. The quantitative estimate of drug-likeness (QED) is 0.883. The molecule has 1 aromatic heterocycles. The molecule has 0 aliphatic carbocycles. The summed E-state index contributed by atoms with van der Waals surface area (Å²) in [6, 6.07) is 12.5. The van der Waals surface area contributed by atoms with Gasteiger partial charge in [-0.25, -0.2) is 0 Å². The van der Waals surface area contributed by atoms with Crippen molar-refractivity contribution >= 4 is 15.9 Å². The zero-order chi connectivity index (χ0) is 13.7. The second-order valence-corrected chi connectivity index (χ2v) is 5.67. The maximum atomic E-state index is 5.49. The molecule has 4 heteroatoms. The van der Waals surface area contributed by atoms with Crippen LogP contribution >= 0.6 is 15.9 Å². The van der Waals surface area contributed by atoms with Crippen molar-refractivity contribution in [3.63, 3.8) is 0 Å². The molecule has 1 heterocycles. The smallest absolute Gasteiger partial charge is 0.122 e. The molecule has 1 atom stereocenters. The molecule has 1 unspecified atom stereocenters. The average Bonchev–Trinajstić information content (AvgIpc) is 2.88. The van der Waals surface area contributed by atoms with E-state index in [1.165, 1.54) is 5.56 Å². The summed E-state index contributed by atoms with van der Waals surface area (Å²) in [5.41, 5.74) is 1.27. The van der Waals surface area contributed by atoms with Crippen molar-refractivity contribution in [3.8, 4) is 0 Å². The third-order valence-electron chi connectivity index (χ3n) is 3.05. The second kappa shape index (κ2) is 6.89. The number of benzene rings is 1. The van der Waals surface area contributed by atoms with Gasteiger partial charge in [-0.1, -0.05) is 28.1 Å². The molecule has 0 fully saturated rings. The fourth-order valence-corrected chi connectivity index (χ4v) is 2.47. The van der Waals surface area contributed by atoms with Crippen molar-refractivity contribution in [2.75, 3.05) is 20.6 Å². The molecule has 2 aromatic rings. The molecule has 0 bridgehead atoms. The van der Waals surface area contributed by atoms with E-state index in [-0.39, 0.29) is 6.04 Å². The van der Waals surface area contributed by atoms with Gasteiger partial charge in [0.25, 0.3) is 0 Å². The molecular formula is C15H19BrN2O. The first-order valence-corrected chi connectivity index (χ1v) is 7.11. The van der Waals surface area contributed by atoms with Crippen LogP contribution in [0, 0.1) is 0 Å². The van der Waals surface area contributed by atoms with Gasteiger partial charge in [-0.2, -0.15) is 0 Å². The van der Waals surface area contributed by atoms with Gasteiger partial charge in [0.05, 0.1) is 12.3 Å². The molecule has 0 saturated heterocycles. The number of hydrogen-bond acceptors (Lipinski definition) is 3. The third-order valence-corrected chi connectivity index (χ3v) is 3.54. The monoisotopic (exact) mass is 322 g/mol. The van der Waals surface area contributed by atoms with Gasteiger partial charge in [-0.15, -0.1) is 0 Å². The van der Waals surface area contributed by atoms with E-state index >= 15 is 0 Å². The number of likely N-dealkylation sites (N-methyl/N-ethyl adjacent to an activating group) is 1. The van der Waals surface area contributed by atoms with E-state index in [0.717, 1.165) is 23.3 Å². The Morgan fingerprint density at radius 2 is 2.11 bits per heavy atom. The zero-order valence-electron chi connectivity index (χ0n) is 11.3. The Bertz CT molecular complexity index is 497. The molecule has 0 spiro atoms. The minimum atomic E-state index is 0.252. The summed E-state index contributed by atoms with van der Waals surface area (Å²) in [5, 5.41) is 3.48. The van der Waals surface area contributed by atoms with Crippen molar-refractivity contribution in [1.82, 2.24) is 10.2 Å². The summed E-state index contributed by atoms with van der Waals surface area (Å²) in [4.78, 5) is 2.16. The molecular weight excluding hydrogens is 304 g/mol. The third kappa shape index (κ3) is 4.20. The Morgan fingerprint density at radius 1 is 1.26 bits per heavy atom. The van der Waals surface area contributed by atoms with Gasteiger partial charge in [-0.3, -0.25) is 4.90 Å². The summed E-state index contributed by atoms with van der Waals surface area (Å²) in [6.07, 6.45) is 1.72. The van der Waals surface area contributed by atoms with Gasteiger partial charge < -0.3 is 9.73 Å². The van der Waals surface area contributed by atoms with E-state index in [9.17, 15) is 0 Å². The van der Waals surface area contributed by atoms with Gasteiger partial charge >= 0.3 is 0 Å². The van der Waals surface area contributed by atoms with Gasteiger partial charge in [-0.05, 0) is 43.9 Å². The summed E-state index contributed by atoms with van der Waals surface area (Å²) >= 11 is 3.49. The minimum absolute atomic E-state index is 0.252. The first kappa shape index (κ1) is 14.3. The maximum Gasteiger partial charge on any atom is 0.122 e. The van der Waals surface area contributed by atoms with Crippen molar-refractivity contribution in [1.29, 1.82) is 0 Å². The summed E-state index contributed by atoms with van der Waals surface area (Å²) in [5.74, 6) is 0.992. The predicted molar refractivity (Wildman–Crippen MR) is 81.0 cm³/mol. The van der Waals surface area contributed by atoms with Crippen LogP contribution in [0.5, 0.6) is 0 Å². The molecule has 0 aliphatic rings. The van der Waals surface area contributed by atoms with E-state index in [2.05, 4.69) is 58.4 Å². The second-order valence-electron chi connectivity index (χ2n) is 4.76. The van der Waals surface area contributed by atoms with Crippen LogP contribution in [0.25, 0.3) is 0 Å². The number of halogens is 1. The lowest BCUT2D eigenvalue weighted by Gasteiger charge is -2.22. The van der Waals surface area contributed by atoms with Gasteiger partial charge in [0.2, 0.25) is 0 Å². The molecule has 0 saturated carbocycles. The summed E-state index contributed by atoms with van der Waals surface area (Å²) in [6.45, 7) is 1.71. The first-order valence-electron chi connectivity index (χ1n) is 6.32. The number of furan rings is 1. The van der Waals surface area contributed by atoms with E-state index < -0.39 is 0 Å². The molecule has 2 rings (SSSR count). The van der Waals surface area contributed by atoms with Crippen LogP contribution in [-0.2, 0) is 6.54 Å². The standard InChI is InChI=1S/C15H19BrN2O/c1-18(2)14(15-7-4-8-19-15)11-17-10-12-5-3-6-13(16)9-12/h3-9,14,17H,10-11H2,1-2H3. The topological polar surface area (TPSA) is 28.4 Å². The highest BCUT2D eigenvalue weighted by molar-refractivity contribution is 9.10. The Labute approximate surface area is 122 Å². The Kier molecular flexibility index (Phi) is 5.19. The largest absolute Gasteiger partial charge is 0.468 e. The van der Waals surface area contributed by atoms with Crippen LogP contribution in [0.1, 0.15) is 17.4 Å². The average molecular weight is 323 g/mol. The van der Waals surface area contributed by atoms with E-state index in [0.29, 0.717) is 0 Å². The van der Waals surface area contributed by atoms with Gasteiger partial charge in [0.15, 0.2) is 0 Å². The number of rotatable bonds is 6. The maximum absolute atomic E-state index is 5.49. The fraction of sp³-hybridized carbons (Fsp3) is 0.333. The molecule has 0 aliphatic heterocycles. The lowest BCUT2D eigenvalue weighted by Crippen LogP contribution is -2.30. The number of hydrogen-bond donors (Lipinski definition) is 1. The van der Waals surface area contributed by atoms with E-state index in [1.54, 1.807) is 6.26 Å². The molecule has 1 aromatic carbocycles. The van der Waals surface area contributed by atoms with E-state index in [1.807, 2.05) is 18.2 Å². The molecule has 0 amide bonds. The molecule has 19 heavy (non-hydrogen) atoms. The highest BCUT2D eigenvalue weighted by Crippen LogP contribution is 2.18.